The zero-order valence-corrected chi connectivity index (χ0v) is 11.1. The lowest BCUT2D eigenvalue weighted by molar-refractivity contribution is -0.113. The summed E-state index contributed by atoms with van der Waals surface area (Å²) >= 11 is 0. The van der Waals surface area contributed by atoms with Crippen LogP contribution in [0.3, 0.4) is 0 Å². The molecule has 0 aliphatic carbocycles. The van der Waals surface area contributed by atoms with Crippen LogP contribution in [0.4, 0.5) is 5.69 Å². The third kappa shape index (κ3) is 1.78. The fraction of sp³-hybridized carbons (Fsp3) is 0.267. The summed E-state index contributed by atoms with van der Waals surface area (Å²) < 4.78 is 0. The summed E-state index contributed by atoms with van der Waals surface area (Å²) in [6, 6.07) is 7.50. The number of anilines is 1. The van der Waals surface area contributed by atoms with Crippen LogP contribution in [-0.4, -0.2) is 12.5 Å². The maximum atomic E-state index is 12.4. The third-order valence-corrected chi connectivity index (χ3v) is 3.23. The van der Waals surface area contributed by atoms with Crippen LogP contribution in [0.15, 0.2) is 17.7 Å². The molecule has 2 rings (SSSR count). The van der Waals surface area contributed by atoms with Crippen LogP contribution < -0.4 is 4.90 Å². The number of benzene rings is 1. The van der Waals surface area contributed by atoms with Crippen molar-refractivity contribution in [3.05, 3.63) is 34.4 Å². The molecule has 0 bridgehead atoms. The quantitative estimate of drug-likeness (QED) is 0.568. The van der Waals surface area contributed by atoms with E-state index in [1.165, 1.54) is 0 Å². The van der Waals surface area contributed by atoms with E-state index in [9.17, 15) is 4.79 Å². The molecule has 1 aliphatic heterocycles. The molecule has 1 aromatic carbocycles. The molecular formula is C15H13N3O. The molecule has 19 heavy (non-hydrogen) atoms. The number of allylic oxidation sites excluding steroid dienone is 1. The Hall–Kier alpha value is -2.59. The number of carbonyl (C=O) groups is 1. The number of fused-ring (bicyclic) bond motifs is 1. The lowest BCUT2D eigenvalue weighted by Crippen LogP contribution is -2.26. The molecule has 0 fully saturated rings. The topological polar surface area (TPSA) is 67.9 Å². The van der Waals surface area contributed by atoms with E-state index in [-0.39, 0.29) is 17.1 Å². The van der Waals surface area contributed by atoms with Crippen molar-refractivity contribution in [2.24, 2.45) is 0 Å². The normalized spacial score (nSPS) is 13.0. The van der Waals surface area contributed by atoms with Crippen LogP contribution in [0.5, 0.6) is 0 Å². The Balaban J connectivity index is 2.87. The second kappa shape index (κ2) is 4.59. The summed E-state index contributed by atoms with van der Waals surface area (Å²) in [5.41, 5.74) is 3.62. The van der Waals surface area contributed by atoms with Crippen molar-refractivity contribution in [3.63, 3.8) is 0 Å². The largest absolute Gasteiger partial charge is 0.308 e. The number of nitriles is 2. The fourth-order valence-corrected chi connectivity index (χ4v) is 2.54. The Morgan fingerprint density at radius 3 is 2.42 bits per heavy atom. The van der Waals surface area contributed by atoms with Crippen LogP contribution in [0.25, 0.3) is 5.57 Å². The molecule has 0 aromatic heterocycles. The highest BCUT2D eigenvalue weighted by Gasteiger charge is 2.35. The standard InChI is InChI=1S/C15H13N3O/c1-4-18-14-10(3)5-9(2)6-12(14)13(15(18)19)11(7-16)8-17/h5-6H,4H2,1-3H3. The SMILES string of the molecule is CCN1C(=O)C(=C(C#N)C#N)c2cc(C)cc(C)c21. The molecule has 0 radical (unpaired) electrons. The first-order chi connectivity index (χ1) is 9.04. The summed E-state index contributed by atoms with van der Waals surface area (Å²) in [7, 11) is 0. The molecule has 1 heterocycles. The maximum Gasteiger partial charge on any atom is 0.261 e. The van der Waals surface area contributed by atoms with Crippen LogP contribution in [-0.2, 0) is 4.79 Å². The first-order valence-electron chi connectivity index (χ1n) is 6.03. The highest BCUT2D eigenvalue weighted by atomic mass is 16.2. The van der Waals surface area contributed by atoms with Gasteiger partial charge in [-0.15, -0.1) is 0 Å². The Morgan fingerprint density at radius 2 is 1.89 bits per heavy atom. The summed E-state index contributed by atoms with van der Waals surface area (Å²) in [6.07, 6.45) is 0. The number of hydrogen-bond donors (Lipinski definition) is 0. The Labute approximate surface area is 112 Å². The fourth-order valence-electron chi connectivity index (χ4n) is 2.54. The number of likely N-dealkylation sites (N-methyl/N-ethyl adjacent to an activating group) is 1. The Bertz CT molecular complexity index is 671. The molecule has 1 aliphatic rings. The van der Waals surface area contributed by atoms with E-state index in [1.807, 2.05) is 45.0 Å². The van der Waals surface area contributed by atoms with Gasteiger partial charge in [0.2, 0.25) is 0 Å². The van der Waals surface area contributed by atoms with E-state index in [2.05, 4.69) is 0 Å². The van der Waals surface area contributed by atoms with E-state index < -0.39 is 0 Å². The highest BCUT2D eigenvalue weighted by Crippen LogP contribution is 2.41. The molecule has 1 amide bonds. The number of hydrogen-bond acceptors (Lipinski definition) is 3. The van der Waals surface area contributed by atoms with Gasteiger partial charge in [0.05, 0.1) is 11.3 Å². The van der Waals surface area contributed by atoms with Crippen molar-refractivity contribution in [2.45, 2.75) is 20.8 Å². The molecule has 0 spiro atoms. The zero-order chi connectivity index (χ0) is 14.2. The second-order valence-corrected chi connectivity index (χ2v) is 4.50. The van der Waals surface area contributed by atoms with E-state index in [1.54, 1.807) is 4.90 Å². The van der Waals surface area contributed by atoms with Crippen molar-refractivity contribution < 1.29 is 4.79 Å². The van der Waals surface area contributed by atoms with Crippen molar-refractivity contribution in [1.82, 2.24) is 0 Å². The van der Waals surface area contributed by atoms with Gasteiger partial charge in [-0.25, -0.2) is 0 Å². The van der Waals surface area contributed by atoms with E-state index in [4.69, 9.17) is 10.5 Å². The average Bonchev–Trinajstić information content (AvgIpc) is 2.64. The zero-order valence-electron chi connectivity index (χ0n) is 11.1. The van der Waals surface area contributed by atoms with Gasteiger partial charge < -0.3 is 4.90 Å². The van der Waals surface area contributed by atoms with Gasteiger partial charge in [0, 0.05) is 12.1 Å². The van der Waals surface area contributed by atoms with Gasteiger partial charge in [0.15, 0.2) is 0 Å². The highest BCUT2D eigenvalue weighted by molar-refractivity contribution is 6.34. The minimum atomic E-state index is -0.260. The molecule has 4 heteroatoms. The van der Waals surface area contributed by atoms with Gasteiger partial charge in [-0.1, -0.05) is 11.6 Å². The molecule has 4 nitrogen and oxygen atoms in total. The lowest BCUT2D eigenvalue weighted by atomic mass is 9.98. The van der Waals surface area contributed by atoms with Gasteiger partial charge in [-0.05, 0) is 32.4 Å². The first-order valence-corrected chi connectivity index (χ1v) is 6.03. The van der Waals surface area contributed by atoms with Gasteiger partial charge in [0.25, 0.3) is 5.91 Å². The maximum absolute atomic E-state index is 12.4. The van der Waals surface area contributed by atoms with Gasteiger partial charge in [0.1, 0.15) is 17.7 Å². The third-order valence-electron chi connectivity index (χ3n) is 3.23. The molecular weight excluding hydrogens is 238 g/mol. The van der Waals surface area contributed by atoms with E-state index in [0.717, 1.165) is 16.8 Å². The second-order valence-electron chi connectivity index (χ2n) is 4.50. The van der Waals surface area contributed by atoms with Crippen LogP contribution >= 0.6 is 0 Å². The number of nitrogens with zero attached hydrogens (tertiary/aromatic N) is 3. The van der Waals surface area contributed by atoms with Crippen LogP contribution in [0.1, 0.15) is 23.6 Å². The van der Waals surface area contributed by atoms with Crippen molar-refractivity contribution in [3.8, 4) is 12.1 Å². The minimum Gasteiger partial charge on any atom is -0.308 e. The summed E-state index contributed by atoms with van der Waals surface area (Å²) in [5.74, 6) is -0.260. The van der Waals surface area contributed by atoms with E-state index >= 15 is 0 Å². The smallest absolute Gasteiger partial charge is 0.261 e. The van der Waals surface area contributed by atoms with Crippen molar-refractivity contribution in [2.75, 3.05) is 11.4 Å². The molecule has 0 atom stereocenters. The monoisotopic (exact) mass is 251 g/mol. The molecule has 0 saturated carbocycles. The van der Waals surface area contributed by atoms with Gasteiger partial charge in [-0.2, -0.15) is 10.5 Å². The summed E-state index contributed by atoms with van der Waals surface area (Å²) in [6.45, 7) is 6.26. The van der Waals surface area contributed by atoms with E-state index in [0.29, 0.717) is 12.1 Å². The molecule has 0 saturated heterocycles. The predicted octanol–water partition coefficient (Wildman–Crippen LogP) is 2.47. The number of amides is 1. The van der Waals surface area contributed by atoms with Crippen LogP contribution in [0.2, 0.25) is 0 Å². The first kappa shape index (κ1) is 12.9. The van der Waals surface area contributed by atoms with Gasteiger partial charge in [-0.3, -0.25) is 4.79 Å². The molecule has 0 N–H and O–H groups in total. The number of rotatable bonds is 1. The molecule has 1 aromatic rings. The average molecular weight is 251 g/mol. The lowest BCUT2D eigenvalue weighted by Gasteiger charge is -2.16. The van der Waals surface area contributed by atoms with Crippen molar-refractivity contribution >= 4 is 17.2 Å². The molecule has 94 valence electrons. The Morgan fingerprint density at radius 1 is 1.26 bits per heavy atom. The van der Waals surface area contributed by atoms with Crippen molar-refractivity contribution in [1.29, 1.82) is 10.5 Å². The Kier molecular flexibility index (Phi) is 3.10. The minimum absolute atomic E-state index is 0.118. The van der Waals surface area contributed by atoms with Gasteiger partial charge >= 0.3 is 0 Å². The summed E-state index contributed by atoms with van der Waals surface area (Å²) in [4.78, 5) is 14.0. The number of carbonyl (C=O) groups excluding carboxylic acids is 1. The van der Waals surface area contributed by atoms with Crippen LogP contribution in [0, 0.1) is 36.5 Å². The molecule has 0 unspecified atom stereocenters. The predicted molar refractivity (Wildman–Crippen MR) is 72.1 cm³/mol. The number of aryl methyl sites for hydroxylation is 2. The summed E-state index contributed by atoms with van der Waals surface area (Å²) in [5, 5.41) is 18.1.